The van der Waals surface area contributed by atoms with E-state index in [0.717, 1.165) is 22.2 Å². The Labute approximate surface area is 115 Å². The van der Waals surface area contributed by atoms with Gasteiger partial charge in [-0.2, -0.15) is 0 Å². The summed E-state index contributed by atoms with van der Waals surface area (Å²) in [6.07, 6.45) is 0. The van der Waals surface area contributed by atoms with Crippen molar-refractivity contribution in [3.63, 3.8) is 0 Å². The Morgan fingerprint density at radius 2 is 2.11 bits per heavy atom. The van der Waals surface area contributed by atoms with E-state index in [-0.39, 0.29) is 5.75 Å². The molecule has 2 aromatic rings. The summed E-state index contributed by atoms with van der Waals surface area (Å²) < 4.78 is 5.91. The number of nitrogens with one attached hydrogen (secondary N) is 1. The molecule has 0 unspecified atom stereocenters. The number of aromatic hydroxyl groups is 1. The molecule has 0 saturated carbocycles. The number of hydrogen-bond acceptors (Lipinski definition) is 4. The number of methoxy groups -OCH3 is 1. The van der Waals surface area contributed by atoms with Crippen molar-refractivity contribution in [2.75, 3.05) is 7.11 Å². The Hall–Kier alpha value is -1.23. The third-order valence-corrected chi connectivity index (χ3v) is 3.76. The fourth-order valence-electron chi connectivity index (χ4n) is 1.60. The normalized spacial score (nSPS) is 10.6. The molecule has 0 radical (unpaired) electrons. The van der Waals surface area contributed by atoms with E-state index in [1.165, 1.54) is 4.88 Å². The summed E-state index contributed by atoms with van der Waals surface area (Å²) in [6.45, 7) is 1.31. The number of ether oxygens (including phenoxy) is 1. The topological polar surface area (TPSA) is 41.5 Å². The number of benzene rings is 1. The van der Waals surface area contributed by atoms with E-state index in [9.17, 15) is 5.11 Å². The molecule has 2 rings (SSSR count). The number of phenols is 1. The average molecular weight is 284 g/mol. The minimum Gasteiger partial charge on any atom is -0.508 e. The SMILES string of the molecule is COc1ccc(O)c(CNCc2ccc(Cl)s2)c1. The quantitative estimate of drug-likeness (QED) is 0.884. The highest BCUT2D eigenvalue weighted by molar-refractivity contribution is 7.16. The van der Waals surface area contributed by atoms with Gasteiger partial charge in [-0.1, -0.05) is 11.6 Å². The van der Waals surface area contributed by atoms with Crippen molar-refractivity contribution >= 4 is 22.9 Å². The second-order valence-electron chi connectivity index (χ2n) is 3.80. The molecule has 0 fully saturated rings. The van der Waals surface area contributed by atoms with E-state index in [2.05, 4.69) is 5.32 Å². The summed E-state index contributed by atoms with van der Waals surface area (Å²) in [5.74, 6) is 1.01. The molecule has 0 amide bonds. The molecule has 0 aliphatic heterocycles. The maximum Gasteiger partial charge on any atom is 0.120 e. The number of hydrogen-bond donors (Lipinski definition) is 2. The molecule has 0 aliphatic rings. The van der Waals surface area contributed by atoms with Gasteiger partial charge in [0.15, 0.2) is 0 Å². The van der Waals surface area contributed by atoms with Gasteiger partial charge in [0.25, 0.3) is 0 Å². The molecule has 96 valence electrons. The number of phenolic OH excluding ortho intramolecular Hbond substituents is 1. The van der Waals surface area contributed by atoms with Crippen LogP contribution in [-0.4, -0.2) is 12.2 Å². The standard InChI is InChI=1S/C13H14ClNO2S/c1-17-10-2-4-12(16)9(6-10)7-15-8-11-3-5-13(14)18-11/h2-6,15-16H,7-8H2,1H3. The number of thiophene rings is 1. The highest BCUT2D eigenvalue weighted by Gasteiger charge is 2.03. The fraction of sp³-hybridized carbons (Fsp3) is 0.231. The highest BCUT2D eigenvalue weighted by atomic mass is 35.5. The third kappa shape index (κ3) is 3.38. The van der Waals surface area contributed by atoms with Crippen molar-refractivity contribution in [2.45, 2.75) is 13.1 Å². The van der Waals surface area contributed by atoms with Gasteiger partial charge in [-0.3, -0.25) is 0 Å². The summed E-state index contributed by atoms with van der Waals surface area (Å²) in [7, 11) is 1.61. The molecule has 0 bridgehead atoms. The predicted octanol–water partition coefficient (Wildman–Crippen LogP) is 3.41. The van der Waals surface area contributed by atoms with Crippen molar-refractivity contribution in [3.8, 4) is 11.5 Å². The van der Waals surface area contributed by atoms with Crippen LogP contribution in [0.1, 0.15) is 10.4 Å². The molecule has 1 heterocycles. The highest BCUT2D eigenvalue weighted by Crippen LogP contribution is 2.24. The molecule has 0 spiro atoms. The summed E-state index contributed by atoms with van der Waals surface area (Å²) in [5, 5.41) is 13.0. The summed E-state index contributed by atoms with van der Waals surface area (Å²) >= 11 is 7.41. The molecule has 0 saturated heterocycles. The van der Waals surface area contributed by atoms with Gasteiger partial charge in [0, 0.05) is 23.5 Å². The zero-order valence-corrected chi connectivity index (χ0v) is 11.5. The first-order valence-electron chi connectivity index (χ1n) is 5.50. The van der Waals surface area contributed by atoms with Crippen molar-refractivity contribution in [1.29, 1.82) is 0 Å². The van der Waals surface area contributed by atoms with Crippen LogP contribution in [0.4, 0.5) is 0 Å². The first kappa shape index (κ1) is 13.2. The van der Waals surface area contributed by atoms with E-state index in [4.69, 9.17) is 16.3 Å². The van der Waals surface area contributed by atoms with Crippen LogP contribution in [0.5, 0.6) is 11.5 Å². The third-order valence-electron chi connectivity index (χ3n) is 2.53. The van der Waals surface area contributed by atoms with Crippen molar-refractivity contribution in [1.82, 2.24) is 5.32 Å². The molecular formula is C13H14ClNO2S. The second-order valence-corrected chi connectivity index (χ2v) is 5.60. The average Bonchev–Trinajstić information content (AvgIpc) is 2.77. The molecular weight excluding hydrogens is 270 g/mol. The molecule has 1 aromatic carbocycles. The first-order chi connectivity index (χ1) is 8.69. The van der Waals surface area contributed by atoms with Gasteiger partial charge in [0.05, 0.1) is 11.4 Å². The summed E-state index contributed by atoms with van der Waals surface area (Å²) in [4.78, 5) is 1.17. The van der Waals surface area contributed by atoms with E-state index in [1.807, 2.05) is 18.2 Å². The lowest BCUT2D eigenvalue weighted by molar-refractivity contribution is 0.410. The maximum absolute atomic E-state index is 9.72. The van der Waals surface area contributed by atoms with Crippen molar-refractivity contribution in [2.24, 2.45) is 0 Å². The number of rotatable bonds is 5. The van der Waals surface area contributed by atoms with Crippen LogP contribution in [0.15, 0.2) is 30.3 Å². The van der Waals surface area contributed by atoms with E-state index in [1.54, 1.807) is 30.6 Å². The molecule has 0 atom stereocenters. The smallest absolute Gasteiger partial charge is 0.120 e. The van der Waals surface area contributed by atoms with E-state index in [0.29, 0.717) is 6.54 Å². The molecule has 1 aromatic heterocycles. The van der Waals surface area contributed by atoms with Gasteiger partial charge < -0.3 is 15.2 Å². The van der Waals surface area contributed by atoms with Crippen LogP contribution >= 0.6 is 22.9 Å². The minimum atomic E-state index is 0.271. The summed E-state index contributed by atoms with van der Waals surface area (Å²) in [5.41, 5.74) is 0.817. The molecule has 2 N–H and O–H groups in total. The Bertz CT molecular complexity index is 527. The zero-order valence-electron chi connectivity index (χ0n) is 9.94. The van der Waals surface area contributed by atoms with Crippen LogP contribution in [-0.2, 0) is 13.1 Å². The summed E-state index contributed by atoms with van der Waals surface area (Å²) in [6, 6.07) is 9.07. The van der Waals surface area contributed by atoms with Crippen LogP contribution in [0.3, 0.4) is 0 Å². The lowest BCUT2D eigenvalue weighted by atomic mass is 10.2. The van der Waals surface area contributed by atoms with Crippen LogP contribution in [0, 0.1) is 0 Å². The molecule has 3 nitrogen and oxygen atoms in total. The van der Waals surface area contributed by atoms with Gasteiger partial charge in [0.2, 0.25) is 0 Å². The van der Waals surface area contributed by atoms with Crippen LogP contribution < -0.4 is 10.1 Å². The van der Waals surface area contributed by atoms with E-state index < -0.39 is 0 Å². The predicted molar refractivity (Wildman–Crippen MR) is 74.5 cm³/mol. The van der Waals surface area contributed by atoms with Crippen LogP contribution in [0.25, 0.3) is 0 Å². The molecule has 5 heteroatoms. The molecule has 0 aliphatic carbocycles. The van der Waals surface area contributed by atoms with Crippen LogP contribution in [0.2, 0.25) is 4.34 Å². The Kier molecular flexibility index (Phi) is 4.47. The van der Waals surface area contributed by atoms with Gasteiger partial charge in [-0.15, -0.1) is 11.3 Å². The Balaban J connectivity index is 1.93. The lowest BCUT2D eigenvalue weighted by Gasteiger charge is -2.08. The fourth-order valence-corrected chi connectivity index (χ4v) is 2.65. The van der Waals surface area contributed by atoms with Gasteiger partial charge >= 0.3 is 0 Å². The van der Waals surface area contributed by atoms with Crippen molar-refractivity contribution < 1.29 is 9.84 Å². The Morgan fingerprint density at radius 3 is 2.78 bits per heavy atom. The first-order valence-corrected chi connectivity index (χ1v) is 6.69. The second kappa shape index (κ2) is 6.09. The maximum atomic E-state index is 9.72. The number of halogens is 1. The zero-order chi connectivity index (χ0) is 13.0. The molecule has 18 heavy (non-hydrogen) atoms. The van der Waals surface area contributed by atoms with Gasteiger partial charge in [0.1, 0.15) is 11.5 Å². The van der Waals surface area contributed by atoms with E-state index >= 15 is 0 Å². The minimum absolute atomic E-state index is 0.271. The van der Waals surface area contributed by atoms with Gasteiger partial charge in [-0.05, 0) is 30.3 Å². The van der Waals surface area contributed by atoms with Gasteiger partial charge in [-0.25, -0.2) is 0 Å². The lowest BCUT2D eigenvalue weighted by Crippen LogP contribution is -2.11. The monoisotopic (exact) mass is 283 g/mol. The Morgan fingerprint density at radius 1 is 1.28 bits per heavy atom. The van der Waals surface area contributed by atoms with Crippen molar-refractivity contribution in [3.05, 3.63) is 45.1 Å². The largest absolute Gasteiger partial charge is 0.508 e.